The number of carboxylic acid groups (broad SMARTS) is 1. The molecular weight excluding hydrogens is 278 g/mol. The Morgan fingerprint density at radius 1 is 1.33 bits per heavy atom. The molecule has 0 atom stereocenters. The molecule has 1 aromatic carbocycles. The lowest BCUT2D eigenvalue weighted by atomic mass is 10.1. The summed E-state index contributed by atoms with van der Waals surface area (Å²) < 4.78 is 5.74. The van der Waals surface area contributed by atoms with Crippen molar-refractivity contribution in [3.63, 3.8) is 0 Å². The molecule has 1 heterocycles. The number of hydrogen-bond acceptors (Lipinski definition) is 5. The van der Waals surface area contributed by atoms with Gasteiger partial charge in [0.15, 0.2) is 0 Å². The second-order valence-corrected chi connectivity index (χ2v) is 4.28. The van der Waals surface area contributed by atoms with Crippen LogP contribution in [0.4, 0.5) is 0 Å². The lowest BCUT2D eigenvalue weighted by Crippen LogP contribution is -2.36. The molecule has 21 heavy (non-hydrogen) atoms. The van der Waals surface area contributed by atoms with Crippen LogP contribution in [0.15, 0.2) is 33.9 Å². The molecule has 0 spiro atoms. The van der Waals surface area contributed by atoms with Gasteiger partial charge in [0.05, 0.1) is 7.11 Å². The normalized spacial score (nSPS) is 10.3. The Hall–Kier alpha value is -2.90. The van der Waals surface area contributed by atoms with Crippen LogP contribution >= 0.6 is 0 Å². The second kappa shape index (κ2) is 6.04. The predicted octanol–water partition coefficient (Wildman–Crippen LogP) is -0.384. The summed E-state index contributed by atoms with van der Waals surface area (Å²) in [4.78, 5) is 35.8. The SMILES string of the molecule is COc1ccc(Cc2nn(CC(=O)O)c(=O)[nH]c2=O)cc1. The number of aromatic amines is 1. The van der Waals surface area contributed by atoms with E-state index in [1.165, 1.54) is 0 Å². The average Bonchev–Trinajstić information content (AvgIpc) is 2.44. The molecule has 0 bridgehead atoms. The third-order valence-electron chi connectivity index (χ3n) is 2.77. The standard InChI is InChI=1S/C13H13N3O5/c1-21-9-4-2-8(3-5-9)6-10-12(19)14-13(20)16(15-10)7-11(17)18/h2-5H,6-7H2,1H3,(H,17,18)(H,14,19,20). The molecule has 0 amide bonds. The van der Waals surface area contributed by atoms with E-state index in [0.29, 0.717) is 10.4 Å². The number of H-pyrrole nitrogens is 1. The van der Waals surface area contributed by atoms with E-state index in [2.05, 4.69) is 10.1 Å². The molecule has 8 heteroatoms. The van der Waals surface area contributed by atoms with E-state index < -0.39 is 23.8 Å². The van der Waals surface area contributed by atoms with Crippen LogP contribution in [0.3, 0.4) is 0 Å². The fourth-order valence-electron chi connectivity index (χ4n) is 1.76. The van der Waals surface area contributed by atoms with Crippen LogP contribution in [0.2, 0.25) is 0 Å². The van der Waals surface area contributed by atoms with Gasteiger partial charge in [-0.1, -0.05) is 12.1 Å². The average molecular weight is 291 g/mol. The second-order valence-electron chi connectivity index (χ2n) is 4.28. The number of nitrogens with one attached hydrogen (secondary N) is 1. The predicted molar refractivity (Wildman–Crippen MR) is 72.6 cm³/mol. The van der Waals surface area contributed by atoms with E-state index >= 15 is 0 Å². The number of carboxylic acids is 1. The smallest absolute Gasteiger partial charge is 0.345 e. The highest BCUT2D eigenvalue weighted by Crippen LogP contribution is 2.12. The largest absolute Gasteiger partial charge is 0.497 e. The summed E-state index contributed by atoms with van der Waals surface area (Å²) in [5.41, 5.74) is -0.617. The Balaban J connectivity index is 2.32. The summed E-state index contributed by atoms with van der Waals surface area (Å²) in [6.45, 7) is -0.606. The number of hydrogen-bond donors (Lipinski definition) is 2. The van der Waals surface area contributed by atoms with Gasteiger partial charge in [0.1, 0.15) is 18.0 Å². The number of carbonyl (C=O) groups is 1. The van der Waals surface area contributed by atoms with Crippen LogP contribution in [-0.4, -0.2) is 33.0 Å². The van der Waals surface area contributed by atoms with Crippen LogP contribution in [0, 0.1) is 0 Å². The Morgan fingerprint density at radius 3 is 2.57 bits per heavy atom. The van der Waals surface area contributed by atoms with Gasteiger partial charge < -0.3 is 9.84 Å². The highest BCUT2D eigenvalue weighted by molar-refractivity contribution is 5.66. The van der Waals surface area contributed by atoms with Gasteiger partial charge in [-0.05, 0) is 17.7 Å². The molecule has 8 nitrogen and oxygen atoms in total. The van der Waals surface area contributed by atoms with Crippen molar-refractivity contribution in [2.45, 2.75) is 13.0 Å². The first-order chi connectivity index (χ1) is 9.99. The number of methoxy groups -OCH3 is 1. The summed E-state index contributed by atoms with van der Waals surface area (Å²) in [6, 6.07) is 6.98. The molecule has 0 fully saturated rings. The lowest BCUT2D eigenvalue weighted by Gasteiger charge is -2.05. The van der Waals surface area contributed by atoms with Gasteiger partial charge in [-0.3, -0.25) is 14.6 Å². The minimum absolute atomic E-state index is 0.0704. The number of ether oxygens (including phenoxy) is 1. The van der Waals surface area contributed by atoms with E-state index in [4.69, 9.17) is 9.84 Å². The third kappa shape index (κ3) is 3.56. The summed E-state index contributed by atoms with van der Waals surface area (Å²) in [5, 5.41) is 12.5. The fraction of sp³-hybridized carbons (Fsp3) is 0.231. The molecule has 0 saturated carbocycles. The topological polar surface area (TPSA) is 114 Å². The fourth-order valence-corrected chi connectivity index (χ4v) is 1.76. The van der Waals surface area contributed by atoms with Gasteiger partial charge >= 0.3 is 11.7 Å². The summed E-state index contributed by atoms with van der Waals surface area (Å²) in [6.07, 6.45) is 0.180. The van der Waals surface area contributed by atoms with Crippen molar-refractivity contribution >= 4 is 5.97 Å². The molecule has 2 rings (SSSR count). The molecule has 0 radical (unpaired) electrons. The minimum Gasteiger partial charge on any atom is -0.497 e. The van der Waals surface area contributed by atoms with Crippen molar-refractivity contribution in [1.29, 1.82) is 0 Å². The Labute approximate surface area is 118 Å². The zero-order chi connectivity index (χ0) is 15.4. The zero-order valence-corrected chi connectivity index (χ0v) is 11.2. The van der Waals surface area contributed by atoms with Gasteiger partial charge in [-0.2, -0.15) is 5.10 Å². The number of rotatable bonds is 5. The van der Waals surface area contributed by atoms with Gasteiger partial charge in [0.2, 0.25) is 0 Å². The van der Waals surface area contributed by atoms with Gasteiger partial charge in [0.25, 0.3) is 5.56 Å². The maximum absolute atomic E-state index is 11.7. The number of nitrogens with zero attached hydrogens (tertiary/aromatic N) is 2. The van der Waals surface area contributed by atoms with Crippen LogP contribution < -0.4 is 16.0 Å². The molecule has 110 valence electrons. The van der Waals surface area contributed by atoms with E-state index in [1.807, 2.05) is 0 Å². The molecule has 0 aliphatic rings. The summed E-state index contributed by atoms with van der Waals surface area (Å²) >= 11 is 0. The maximum Gasteiger partial charge on any atom is 0.345 e. The van der Waals surface area contributed by atoms with Crippen molar-refractivity contribution in [2.24, 2.45) is 0 Å². The molecule has 0 aliphatic carbocycles. The third-order valence-corrected chi connectivity index (χ3v) is 2.77. The molecule has 0 aliphatic heterocycles. The summed E-state index contributed by atoms with van der Waals surface area (Å²) in [5.74, 6) is -0.538. The molecule has 0 unspecified atom stereocenters. The summed E-state index contributed by atoms with van der Waals surface area (Å²) in [7, 11) is 1.54. The molecule has 1 aromatic heterocycles. The minimum atomic E-state index is -1.22. The molecular formula is C13H13N3O5. The zero-order valence-electron chi connectivity index (χ0n) is 11.2. The first-order valence-corrected chi connectivity index (χ1v) is 6.04. The van der Waals surface area contributed by atoms with Crippen molar-refractivity contribution in [3.8, 4) is 5.75 Å². The Kier molecular flexibility index (Phi) is 4.17. The monoisotopic (exact) mass is 291 g/mol. The Morgan fingerprint density at radius 2 is 2.00 bits per heavy atom. The van der Waals surface area contributed by atoms with Crippen molar-refractivity contribution in [3.05, 3.63) is 56.4 Å². The quantitative estimate of drug-likeness (QED) is 0.775. The van der Waals surface area contributed by atoms with Crippen LogP contribution in [-0.2, 0) is 17.8 Å². The maximum atomic E-state index is 11.7. The van der Waals surface area contributed by atoms with Crippen molar-refractivity contribution < 1.29 is 14.6 Å². The van der Waals surface area contributed by atoms with E-state index in [0.717, 1.165) is 5.56 Å². The van der Waals surface area contributed by atoms with Gasteiger partial charge in [0, 0.05) is 6.42 Å². The first-order valence-electron chi connectivity index (χ1n) is 6.04. The van der Waals surface area contributed by atoms with Crippen LogP contribution in [0.1, 0.15) is 11.3 Å². The number of benzene rings is 1. The number of aliphatic carboxylic acids is 1. The molecule has 2 N–H and O–H groups in total. The van der Waals surface area contributed by atoms with E-state index in [-0.39, 0.29) is 12.1 Å². The van der Waals surface area contributed by atoms with Crippen molar-refractivity contribution in [1.82, 2.24) is 14.8 Å². The highest BCUT2D eigenvalue weighted by Gasteiger charge is 2.10. The van der Waals surface area contributed by atoms with Gasteiger partial charge in [-0.25, -0.2) is 9.48 Å². The van der Waals surface area contributed by atoms with E-state index in [9.17, 15) is 14.4 Å². The Bertz CT molecular complexity index is 761. The number of aromatic nitrogens is 3. The van der Waals surface area contributed by atoms with Crippen LogP contribution in [0.5, 0.6) is 5.75 Å². The molecule has 0 saturated heterocycles. The molecule has 2 aromatic rings. The van der Waals surface area contributed by atoms with Crippen molar-refractivity contribution in [2.75, 3.05) is 7.11 Å². The van der Waals surface area contributed by atoms with Gasteiger partial charge in [-0.15, -0.1) is 0 Å². The first kappa shape index (κ1) is 14.5. The van der Waals surface area contributed by atoms with Crippen LogP contribution in [0.25, 0.3) is 0 Å². The van der Waals surface area contributed by atoms with E-state index in [1.54, 1.807) is 31.4 Å². The lowest BCUT2D eigenvalue weighted by molar-refractivity contribution is -0.138. The highest BCUT2D eigenvalue weighted by atomic mass is 16.5.